The number of fused-ring (bicyclic) bond motifs is 1. The van der Waals surface area contributed by atoms with Crippen LogP contribution in [-0.4, -0.2) is 30.1 Å². The summed E-state index contributed by atoms with van der Waals surface area (Å²) in [6.07, 6.45) is -7.11. The number of alkyl halides is 3. The van der Waals surface area contributed by atoms with Gasteiger partial charge in [0.25, 0.3) is 5.91 Å². The SMILES string of the molecule is CC[C@@H](C)C(=O)N[C@@H]1C(=O)Nc2cc(F)ccc2O[C@@H]1C(F)(F)F. The molecule has 2 amide bonds. The molecule has 3 atom stereocenters. The fraction of sp³-hybridized carbons (Fsp3) is 0.467. The fourth-order valence-electron chi connectivity index (χ4n) is 2.13. The van der Waals surface area contributed by atoms with Crippen LogP contribution >= 0.6 is 0 Å². The van der Waals surface area contributed by atoms with Crippen molar-refractivity contribution in [3.63, 3.8) is 0 Å². The molecular formula is C15H16F4N2O3. The van der Waals surface area contributed by atoms with Gasteiger partial charge >= 0.3 is 6.18 Å². The van der Waals surface area contributed by atoms with Crippen molar-refractivity contribution in [1.29, 1.82) is 0 Å². The first-order valence-corrected chi connectivity index (χ1v) is 7.27. The van der Waals surface area contributed by atoms with E-state index in [1.165, 1.54) is 6.92 Å². The molecule has 0 aromatic heterocycles. The van der Waals surface area contributed by atoms with Crippen molar-refractivity contribution in [2.24, 2.45) is 5.92 Å². The molecule has 1 aromatic rings. The maximum absolute atomic E-state index is 13.3. The van der Waals surface area contributed by atoms with Gasteiger partial charge in [0.2, 0.25) is 12.0 Å². The third-order valence-corrected chi connectivity index (χ3v) is 3.72. The lowest BCUT2D eigenvalue weighted by atomic mass is 10.1. The Morgan fingerprint density at radius 2 is 2.08 bits per heavy atom. The third-order valence-electron chi connectivity index (χ3n) is 3.72. The van der Waals surface area contributed by atoms with E-state index < -0.39 is 41.9 Å². The van der Waals surface area contributed by atoms with E-state index in [4.69, 9.17) is 4.74 Å². The first-order valence-electron chi connectivity index (χ1n) is 7.27. The van der Waals surface area contributed by atoms with Crippen molar-refractivity contribution >= 4 is 17.5 Å². The highest BCUT2D eigenvalue weighted by atomic mass is 19.4. The Labute approximate surface area is 135 Å². The van der Waals surface area contributed by atoms with Crippen molar-refractivity contribution in [1.82, 2.24) is 5.32 Å². The highest BCUT2D eigenvalue weighted by Gasteiger charge is 2.52. The van der Waals surface area contributed by atoms with Crippen LogP contribution in [0.25, 0.3) is 0 Å². The second-order valence-corrected chi connectivity index (χ2v) is 5.51. The summed E-state index contributed by atoms with van der Waals surface area (Å²) in [6.45, 7) is 3.21. The average molecular weight is 348 g/mol. The molecule has 9 heteroatoms. The van der Waals surface area contributed by atoms with E-state index in [-0.39, 0.29) is 11.4 Å². The smallest absolute Gasteiger partial charge is 0.428 e. The van der Waals surface area contributed by atoms with E-state index in [9.17, 15) is 27.2 Å². The predicted molar refractivity (Wildman–Crippen MR) is 76.9 cm³/mol. The van der Waals surface area contributed by atoms with Crippen LogP contribution in [-0.2, 0) is 9.59 Å². The summed E-state index contributed by atoms with van der Waals surface area (Å²) < 4.78 is 58.1. The van der Waals surface area contributed by atoms with Gasteiger partial charge in [-0.15, -0.1) is 0 Å². The predicted octanol–water partition coefficient (Wildman–Crippen LogP) is 2.62. The fourth-order valence-corrected chi connectivity index (χ4v) is 2.13. The molecule has 0 aliphatic carbocycles. The number of benzene rings is 1. The maximum Gasteiger partial charge on any atom is 0.428 e. The summed E-state index contributed by atoms with van der Waals surface area (Å²) in [5.41, 5.74) is -0.227. The molecule has 132 valence electrons. The number of hydrogen-bond donors (Lipinski definition) is 2. The molecule has 1 aliphatic rings. The summed E-state index contributed by atoms with van der Waals surface area (Å²) in [5, 5.41) is 4.23. The van der Waals surface area contributed by atoms with Gasteiger partial charge in [0, 0.05) is 12.0 Å². The van der Waals surface area contributed by atoms with E-state index in [1.807, 2.05) is 0 Å². The third kappa shape index (κ3) is 3.77. The van der Waals surface area contributed by atoms with Gasteiger partial charge in [-0.1, -0.05) is 13.8 Å². The van der Waals surface area contributed by atoms with Crippen LogP contribution in [0.3, 0.4) is 0 Å². The van der Waals surface area contributed by atoms with Gasteiger partial charge in [0.15, 0.2) is 6.04 Å². The Morgan fingerprint density at radius 1 is 1.42 bits per heavy atom. The number of rotatable bonds is 3. The zero-order valence-electron chi connectivity index (χ0n) is 12.9. The van der Waals surface area contributed by atoms with Crippen LogP contribution in [0.1, 0.15) is 20.3 Å². The van der Waals surface area contributed by atoms with E-state index >= 15 is 0 Å². The molecule has 0 spiro atoms. The molecule has 24 heavy (non-hydrogen) atoms. The van der Waals surface area contributed by atoms with E-state index in [0.717, 1.165) is 18.2 Å². The standard InChI is InChI=1S/C15H16F4N2O3/c1-3-7(2)13(22)21-11-12(15(17,18)19)24-10-5-4-8(16)6-9(10)20-14(11)23/h4-7,11-12H,3H2,1-2H3,(H,20,23)(H,21,22)/t7-,11+,12+/m1/s1. The minimum atomic E-state index is -4.92. The van der Waals surface area contributed by atoms with Gasteiger partial charge in [-0.05, 0) is 18.6 Å². The number of ether oxygens (including phenoxy) is 1. The lowest BCUT2D eigenvalue weighted by molar-refractivity contribution is -0.202. The molecular weight excluding hydrogens is 332 g/mol. The second kappa shape index (κ2) is 6.66. The largest absolute Gasteiger partial charge is 0.476 e. The average Bonchev–Trinajstić information content (AvgIpc) is 2.62. The molecule has 0 radical (unpaired) electrons. The number of hydrogen-bond acceptors (Lipinski definition) is 3. The number of anilines is 1. The van der Waals surface area contributed by atoms with E-state index in [1.54, 1.807) is 6.92 Å². The lowest BCUT2D eigenvalue weighted by Gasteiger charge is -2.27. The van der Waals surface area contributed by atoms with E-state index in [2.05, 4.69) is 10.6 Å². The summed E-state index contributed by atoms with van der Waals surface area (Å²) in [5.74, 6) is -3.48. The Bertz CT molecular complexity index is 648. The van der Waals surface area contributed by atoms with Crippen molar-refractivity contribution in [3.8, 4) is 5.75 Å². The van der Waals surface area contributed by atoms with Gasteiger partial charge < -0.3 is 15.4 Å². The van der Waals surface area contributed by atoms with Crippen molar-refractivity contribution < 1.29 is 31.9 Å². The molecule has 1 aliphatic heterocycles. The number of amides is 2. The molecule has 1 heterocycles. The maximum atomic E-state index is 13.3. The number of carbonyl (C=O) groups is 2. The van der Waals surface area contributed by atoms with Crippen LogP contribution in [0.15, 0.2) is 18.2 Å². The zero-order chi connectivity index (χ0) is 18.1. The molecule has 1 aromatic carbocycles. The van der Waals surface area contributed by atoms with Crippen LogP contribution in [0.5, 0.6) is 5.75 Å². The highest BCUT2D eigenvalue weighted by Crippen LogP contribution is 2.35. The molecule has 0 fully saturated rings. The summed E-state index contributed by atoms with van der Waals surface area (Å²) in [7, 11) is 0. The van der Waals surface area contributed by atoms with Gasteiger partial charge in [0.05, 0.1) is 5.69 Å². The zero-order valence-corrected chi connectivity index (χ0v) is 12.9. The van der Waals surface area contributed by atoms with E-state index in [0.29, 0.717) is 6.42 Å². The highest BCUT2D eigenvalue weighted by molar-refractivity contribution is 5.99. The summed E-state index contributed by atoms with van der Waals surface area (Å²) in [4.78, 5) is 24.1. The van der Waals surface area contributed by atoms with Gasteiger partial charge in [-0.3, -0.25) is 9.59 Å². The monoisotopic (exact) mass is 348 g/mol. The summed E-state index contributed by atoms with van der Waals surface area (Å²) in [6, 6.07) is 0.764. The van der Waals surface area contributed by atoms with Crippen molar-refractivity contribution in [2.45, 2.75) is 38.6 Å². The van der Waals surface area contributed by atoms with Crippen LogP contribution < -0.4 is 15.4 Å². The molecule has 0 bridgehead atoms. The van der Waals surface area contributed by atoms with Crippen LogP contribution in [0, 0.1) is 11.7 Å². The number of nitrogens with one attached hydrogen (secondary N) is 2. The molecule has 2 rings (SSSR count). The molecule has 2 N–H and O–H groups in total. The van der Waals surface area contributed by atoms with Gasteiger partial charge in [0.1, 0.15) is 11.6 Å². The minimum Gasteiger partial charge on any atom is -0.476 e. The molecule has 0 saturated carbocycles. The lowest BCUT2D eigenvalue weighted by Crippen LogP contribution is -2.58. The first kappa shape index (κ1) is 18.0. The molecule has 0 saturated heterocycles. The van der Waals surface area contributed by atoms with Gasteiger partial charge in [-0.2, -0.15) is 13.2 Å². The Morgan fingerprint density at radius 3 is 2.67 bits per heavy atom. The topological polar surface area (TPSA) is 67.4 Å². The second-order valence-electron chi connectivity index (χ2n) is 5.51. The normalized spacial score (nSPS) is 21.8. The number of carbonyl (C=O) groups excluding carboxylic acids is 2. The first-order chi connectivity index (χ1) is 11.1. The Balaban J connectivity index is 2.38. The Kier molecular flexibility index (Phi) is 5.00. The van der Waals surface area contributed by atoms with Crippen LogP contribution in [0.2, 0.25) is 0 Å². The van der Waals surface area contributed by atoms with Crippen molar-refractivity contribution in [3.05, 3.63) is 24.0 Å². The summed E-state index contributed by atoms with van der Waals surface area (Å²) >= 11 is 0. The quantitative estimate of drug-likeness (QED) is 0.825. The minimum absolute atomic E-state index is 0.227. The molecule has 5 nitrogen and oxygen atoms in total. The van der Waals surface area contributed by atoms with Crippen LogP contribution in [0.4, 0.5) is 23.2 Å². The number of halogens is 4. The Hall–Kier alpha value is -2.32. The van der Waals surface area contributed by atoms with Gasteiger partial charge in [-0.25, -0.2) is 4.39 Å². The van der Waals surface area contributed by atoms with Crippen molar-refractivity contribution in [2.75, 3.05) is 5.32 Å². The molecule has 0 unspecified atom stereocenters.